The van der Waals surface area contributed by atoms with Crippen molar-refractivity contribution < 1.29 is 13.2 Å². The van der Waals surface area contributed by atoms with Gasteiger partial charge in [0.25, 0.3) is 0 Å². The molecule has 2 aromatic carbocycles. The standard InChI is InChI=1S/C22H27N3O3S/c26-22(24-17-15-23(16-18-24)19-9-3-1-4-10-19)21-13-7-8-14-25(21)29(27,28)20-11-5-2-6-12-20/h1-6,9-12,21H,7-8,13-18H2/t21-/m1/s1. The van der Waals surface area contributed by atoms with E-state index in [0.29, 0.717) is 26.1 Å². The van der Waals surface area contributed by atoms with Gasteiger partial charge in [-0.3, -0.25) is 4.79 Å². The topological polar surface area (TPSA) is 60.9 Å². The van der Waals surface area contributed by atoms with Gasteiger partial charge in [0.05, 0.1) is 4.90 Å². The number of benzene rings is 2. The molecule has 29 heavy (non-hydrogen) atoms. The molecule has 2 fully saturated rings. The maximum Gasteiger partial charge on any atom is 0.243 e. The van der Waals surface area contributed by atoms with Crippen LogP contribution in [0.4, 0.5) is 5.69 Å². The summed E-state index contributed by atoms with van der Waals surface area (Å²) in [6, 6.07) is 18.0. The van der Waals surface area contributed by atoms with Gasteiger partial charge in [0, 0.05) is 38.4 Å². The third kappa shape index (κ3) is 4.16. The third-order valence-electron chi connectivity index (χ3n) is 5.80. The summed E-state index contributed by atoms with van der Waals surface area (Å²) in [5.74, 6) is -0.0584. The highest BCUT2D eigenvalue weighted by atomic mass is 32.2. The minimum absolute atomic E-state index is 0.0584. The smallest absolute Gasteiger partial charge is 0.243 e. The first-order valence-corrected chi connectivity index (χ1v) is 11.7. The van der Waals surface area contributed by atoms with Crippen LogP contribution < -0.4 is 4.90 Å². The van der Waals surface area contributed by atoms with Gasteiger partial charge in [-0.1, -0.05) is 42.8 Å². The average Bonchev–Trinajstić information content (AvgIpc) is 2.80. The van der Waals surface area contributed by atoms with E-state index in [1.165, 1.54) is 4.31 Å². The van der Waals surface area contributed by atoms with Crippen LogP contribution in [0.5, 0.6) is 0 Å². The summed E-state index contributed by atoms with van der Waals surface area (Å²) in [5, 5.41) is 0. The lowest BCUT2D eigenvalue weighted by atomic mass is 10.0. The molecule has 0 aromatic heterocycles. The molecule has 154 valence electrons. The number of piperidine rings is 1. The first-order chi connectivity index (χ1) is 14.1. The number of nitrogens with zero attached hydrogens (tertiary/aromatic N) is 3. The van der Waals surface area contributed by atoms with Crippen LogP contribution >= 0.6 is 0 Å². The van der Waals surface area contributed by atoms with Gasteiger partial charge in [0.15, 0.2) is 0 Å². The Hall–Kier alpha value is -2.38. The molecule has 2 heterocycles. The van der Waals surface area contributed by atoms with Crippen LogP contribution in [0.2, 0.25) is 0 Å². The molecule has 6 nitrogen and oxygen atoms in total. The Morgan fingerprint density at radius 2 is 1.41 bits per heavy atom. The van der Waals surface area contributed by atoms with Crippen molar-refractivity contribution in [3.63, 3.8) is 0 Å². The van der Waals surface area contributed by atoms with E-state index < -0.39 is 16.1 Å². The summed E-state index contributed by atoms with van der Waals surface area (Å²) >= 11 is 0. The molecule has 0 saturated carbocycles. The molecule has 1 amide bonds. The maximum atomic E-state index is 13.3. The number of hydrogen-bond donors (Lipinski definition) is 0. The van der Waals surface area contributed by atoms with E-state index in [9.17, 15) is 13.2 Å². The second-order valence-corrected chi connectivity index (χ2v) is 9.48. The van der Waals surface area contributed by atoms with Gasteiger partial charge in [-0.15, -0.1) is 0 Å². The number of anilines is 1. The number of rotatable bonds is 4. The largest absolute Gasteiger partial charge is 0.368 e. The highest BCUT2D eigenvalue weighted by molar-refractivity contribution is 7.89. The van der Waals surface area contributed by atoms with E-state index in [-0.39, 0.29) is 10.8 Å². The molecule has 0 N–H and O–H groups in total. The molecule has 2 aromatic rings. The molecular formula is C22H27N3O3S. The molecule has 2 saturated heterocycles. The van der Waals surface area contributed by atoms with Gasteiger partial charge >= 0.3 is 0 Å². The van der Waals surface area contributed by atoms with Crippen molar-refractivity contribution in [2.45, 2.75) is 30.2 Å². The molecule has 0 spiro atoms. The number of hydrogen-bond acceptors (Lipinski definition) is 4. The number of amides is 1. The minimum Gasteiger partial charge on any atom is -0.368 e. The number of carbonyl (C=O) groups excluding carboxylic acids is 1. The zero-order valence-corrected chi connectivity index (χ0v) is 17.3. The van der Waals surface area contributed by atoms with E-state index in [1.54, 1.807) is 30.3 Å². The molecule has 0 radical (unpaired) electrons. The molecule has 1 atom stereocenters. The first-order valence-electron chi connectivity index (χ1n) is 10.2. The summed E-state index contributed by atoms with van der Waals surface area (Å²) in [4.78, 5) is 17.6. The normalized spacial score (nSPS) is 21.2. The SMILES string of the molecule is O=C([C@H]1CCCCN1S(=O)(=O)c1ccccc1)N1CCN(c2ccccc2)CC1. The number of para-hydroxylation sites is 1. The lowest BCUT2D eigenvalue weighted by Gasteiger charge is -2.40. The summed E-state index contributed by atoms with van der Waals surface area (Å²) < 4.78 is 27.8. The van der Waals surface area contributed by atoms with Gasteiger partial charge in [-0.2, -0.15) is 4.31 Å². The van der Waals surface area contributed by atoms with Crippen molar-refractivity contribution in [1.82, 2.24) is 9.21 Å². The second kappa shape index (κ2) is 8.55. The number of piperazine rings is 1. The second-order valence-electron chi connectivity index (χ2n) is 7.59. The Kier molecular flexibility index (Phi) is 5.87. The zero-order chi connectivity index (χ0) is 20.3. The Morgan fingerprint density at radius 3 is 2.07 bits per heavy atom. The molecule has 0 aliphatic carbocycles. The van der Waals surface area contributed by atoms with E-state index in [1.807, 2.05) is 23.1 Å². The minimum atomic E-state index is -3.67. The lowest BCUT2D eigenvalue weighted by Crippen LogP contribution is -2.57. The van der Waals surface area contributed by atoms with Crippen LogP contribution in [0.25, 0.3) is 0 Å². The molecule has 0 bridgehead atoms. The quantitative estimate of drug-likeness (QED) is 0.773. The summed E-state index contributed by atoms with van der Waals surface area (Å²) in [6.07, 6.45) is 2.25. The zero-order valence-electron chi connectivity index (χ0n) is 16.5. The Morgan fingerprint density at radius 1 is 0.793 bits per heavy atom. The van der Waals surface area contributed by atoms with Crippen LogP contribution in [0.1, 0.15) is 19.3 Å². The summed E-state index contributed by atoms with van der Waals surface area (Å²) in [6.45, 7) is 3.15. The van der Waals surface area contributed by atoms with Crippen molar-refractivity contribution in [3.05, 3.63) is 60.7 Å². The Balaban J connectivity index is 1.47. The van der Waals surface area contributed by atoms with Gasteiger partial charge in [0.2, 0.25) is 15.9 Å². The fraction of sp³-hybridized carbons (Fsp3) is 0.409. The highest BCUT2D eigenvalue weighted by Crippen LogP contribution is 2.27. The molecule has 4 rings (SSSR count). The van der Waals surface area contributed by atoms with Gasteiger partial charge in [-0.25, -0.2) is 8.42 Å². The monoisotopic (exact) mass is 413 g/mol. The molecular weight excluding hydrogens is 386 g/mol. The Bertz CT molecular complexity index is 926. The summed E-state index contributed by atoms with van der Waals surface area (Å²) in [5.41, 5.74) is 1.16. The maximum absolute atomic E-state index is 13.3. The van der Waals surface area contributed by atoms with Gasteiger partial charge in [0.1, 0.15) is 6.04 Å². The van der Waals surface area contributed by atoms with Crippen molar-refractivity contribution in [2.75, 3.05) is 37.6 Å². The highest BCUT2D eigenvalue weighted by Gasteiger charge is 2.39. The van der Waals surface area contributed by atoms with Crippen LogP contribution in [-0.4, -0.2) is 62.3 Å². The van der Waals surface area contributed by atoms with Gasteiger partial charge < -0.3 is 9.80 Å². The van der Waals surface area contributed by atoms with E-state index in [0.717, 1.165) is 31.6 Å². The predicted octanol–water partition coefficient (Wildman–Crippen LogP) is 2.58. The first kappa shape index (κ1) is 19.9. The average molecular weight is 414 g/mol. The fourth-order valence-corrected chi connectivity index (χ4v) is 5.87. The van der Waals surface area contributed by atoms with Crippen molar-refractivity contribution in [3.8, 4) is 0 Å². The Labute approximate surface area is 172 Å². The number of carbonyl (C=O) groups is 1. The summed E-state index contributed by atoms with van der Waals surface area (Å²) in [7, 11) is -3.67. The number of sulfonamides is 1. The lowest BCUT2D eigenvalue weighted by molar-refractivity contribution is -0.136. The third-order valence-corrected chi connectivity index (χ3v) is 7.72. The van der Waals surface area contributed by atoms with E-state index in [2.05, 4.69) is 17.0 Å². The molecule has 0 unspecified atom stereocenters. The van der Waals surface area contributed by atoms with Crippen LogP contribution in [-0.2, 0) is 14.8 Å². The van der Waals surface area contributed by atoms with Gasteiger partial charge in [-0.05, 0) is 37.1 Å². The van der Waals surface area contributed by atoms with E-state index >= 15 is 0 Å². The van der Waals surface area contributed by atoms with Crippen LogP contribution in [0, 0.1) is 0 Å². The van der Waals surface area contributed by atoms with Crippen molar-refractivity contribution in [1.29, 1.82) is 0 Å². The van der Waals surface area contributed by atoms with Crippen LogP contribution in [0.15, 0.2) is 65.6 Å². The van der Waals surface area contributed by atoms with E-state index in [4.69, 9.17) is 0 Å². The predicted molar refractivity (Wildman–Crippen MR) is 113 cm³/mol. The van der Waals surface area contributed by atoms with Crippen LogP contribution in [0.3, 0.4) is 0 Å². The van der Waals surface area contributed by atoms with Crippen molar-refractivity contribution >= 4 is 21.6 Å². The molecule has 2 aliphatic rings. The van der Waals surface area contributed by atoms with Crippen molar-refractivity contribution in [2.24, 2.45) is 0 Å². The molecule has 7 heteroatoms. The fourth-order valence-electron chi connectivity index (χ4n) is 4.20. The molecule has 2 aliphatic heterocycles.